The van der Waals surface area contributed by atoms with Crippen LogP contribution in [0.4, 0.5) is 18.0 Å². The van der Waals surface area contributed by atoms with E-state index < -0.39 is 18.6 Å². The maximum Gasteiger partial charge on any atom is 0.390 e. The van der Waals surface area contributed by atoms with E-state index in [1.54, 1.807) is 0 Å². The van der Waals surface area contributed by atoms with Crippen molar-refractivity contribution in [1.29, 1.82) is 0 Å². The highest BCUT2D eigenvalue weighted by atomic mass is 19.4. The number of nitrogens with one attached hydrogen (secondary N) is 1. The summed E-state index contributed by atoms with van der Waals surface area (Å²) in [5, 5.41) is 10.9. The van der Waals surface area contributed by atoms with E-state index in [-0.39, 0.29) is 12.6 Å². The van der Waals surface area contributed by atoms with E-state index in [2.05, 4.69) is 20.1 Å². The molecule has 2 heterocycles. The van der Waals surface area contributed by atoms with E-state index in [9.17, 15) is 18.0 Å². The van der Waals surface area contributed by atoms with Crippen LogP contribution >= 0.6 is 0 Å². The van der Waals surface area contributed by atoms with Crippen molar-refractivity contribution in [3.8, 4) is 0 Å². The largest absolute Gasteiger partial charge is 0.390 e. The van der Waals surface area contributed by atoms with Crippen molar-refractivity contribution in [2.24, 2.45) is 0 Å². The molecule has 0 atom stereocenters. The van der Waals surface area contributed by atoms with Gasteiger partial charge in [0.15, 0.2) is 0 Å². The molecule has 0 unspecified atom stereocenters. The summed E-state index contributed by atoms with van der Waals surface area (Å²) in [5.41, 5.74) is 0. The highest BCUT2D eigenvalue weighted by molar-refractivity contribution is 5.74. The van der Waals surface area contributed by atoms with Crippen molar-refractivity contribution in [2.75, 3.05) is 13.1 Å². The maximum absolute atomic E-state index is 12.5. The van der Waals surface area contributed by atoms with Gasteiger partial charge in [-0.25, -0.2) is 4.79 Å². The van der Waals surface area contributed by atoms with E-state index in [0.29, 0.717) is 13.0 Å². The summed E-state index contributed by atoms with van der Waals surface area (Å²) in [7, 11) is 0. The third-order valence-electron chi connectivity index (χ3n) is 4.72. The first-order valence-electron chi connectivity index (χ1n) is 8.46. The van der Waals surface area contributed by atoms with Crippen LogP contribution in [0.1, 0.15) is 43.8 Å². The van der Waals surface area contributed by atoms with Crippen molar-refractivity contribution in [3.63, 3.8) is 0 Å². The van der Waals surface area contributed by atoms with Gasteiger partial charge in [-0.15, -0.1) is 10.2 Å². The zero-order valence-electron chi connectivity index (χ0n) is 13.5. The predicted molar refractivity (Wildman–Crippen MR) is 80.5 cm³/mol. The molecule has 1 fully saturated rings. The van der Waals surface area contributed by atoms with Gasteiger partial charge in [-0.1, -0.05) is 0 Å². The Morgan fingerprint density at radius 1 is 1.29 bits per heavy atom. The van der Waals surface area contributed by atoms with Gasteiger partial charge in [0.05, 0.1) is 6.42 Å². The summed E-state index contributed by atoms with van der Waals surface area (Å²) in [6, 6.07) is -0.477. The highest BCUT2D eigenvalue weighted by Gasteiger charge is 2.33. The van der Waals surface area contributed by atoms with Crippen LogP contribution in [0.5, 0.6) is 0 Å². The van der Waals surface area contributed by atoms with Crippen LogP contribution in [-0.2, 0) is 19.4 Å². The molecule has 0 saturated heterocycles. The standard InChI is InChI=1S/C15H22F3N5O/c16-15(17,18)7-10-22(11-3-1-4-11)14(24)19-8-6-13-21-20-12-5-2-9-23(12)13/h11H,1-10H2,(H,19,24). The minimum absolute atomic E-state index is 0.0651. The second-order valence-corrected chi connectivity index (χ2v) is 6.41. The van der Waals surface area contributed by atoms with Crippen LogP contribution < -0.4 is 5.32 Å². The van der Waals surface area contributed by atoms with Crippen LogP contribution in [-0.4, -0.2) is 51.0 Å². The lowest BCUT2D eigenvalue weighted by Crippen LogP contribution is -2.50. The van der Waals surface area contributed by atoms with E-state index in [4.69, 9.17) is 0 Å². The molecule has 0 radical (unpaired) electrons. The molecule has 1 saturated carbocycles. The molecule has 0 bridgehead atoms. The summed E-state index contributed by atoms with van der Waals surface area (Å²) >= 11 is 0. The SMILES string of the molecule is O=C(NCCc1nnc2n1CCC2)N(CCC(F)(F)F)C1CCC1. The zero-order valence-corrected chi connectivity index (χ0v) is 13.5. The topological polar surface area (TPSA) is 63.1 Å². The fourth-order valence-electron chi connectivity index (χ4n) is 3.17. The third-order valence-corrected chi connectivity index (χ3v) is 4.72. The zero-order chi connectivity index (χ0) is 17.2. The Bertz CT molecular complexity index is 582. The molecule has 1 aromatic rings. The first kappa shape index (κ1) is 17.0. The summed E-state index contributed by atoms with van der Waals surface area (Å²) in [6.07, 6.45) is -0.170. The number of hydrogen-bond acceptors (Lipinski definition) is 3. The predicted octanol–water partition coefficient (Wildman–Crippen LogP) is 2.28. The smallest absolute Gasteiger partial charge is 0.338 e. The number of alkyl halides is 3. The van der Waals surface area contributed by atoms with Gasteiger partial charge in [0, 0.05) is 38.5 Å². The Balaban J connectivity index is 1.49. The molecule has 2 aliphatic rings. The Morgan fingerprint density at radius 2 is 2.08 bits per heavy atom. The Morgan fingerprint density at radius 3 is 2.75 bits per heavy atom. The molecule has 1 aliphatic heterocycles. The Labute approximate surface area is 138 Å². The molecule has 9 heteroatoms. The number of carbonyl (C=O) groups is 1. The normalized spacial score (nSPS) is 17.5. The number of carbonyl (C=O) groups excluding carboxylic acids is 1. The van der Waals surface area contributed by atoms with Gasteiger partial charge in [0.25, 0.3) is 0 Å². The molecule has 3 rings (SSSR count). The van der Waals surface area contributed by atoms with Gasteiger partial charge >= 0.3 is 12.2 Å². The molecular formula is C15H22F3N5O. The van der Waals surface area contributed by atoms with Crippen molar-refractivity contribution >= 4 is 6.03 Å². The monoisotopic (exact) mass is 345 g/mol. The van der Waals surface area contributed by atoms with Crippen LogP contribution in [0, 0.1) is 0 Å². The van der Waals surface area contributed by atoms with Gasteiger partial charge in [0.2, 0.25) is 0 Å². The van der Waals surface area contributed by atoms with Crippen LogP contribution in [0.2, 0.25) is 0 Å². The summed E-state index contributed by atoms with van der Waals surface area (Å²) in [6.45, 7) is 0.970. The van der Waals surface area contributed by atoms with Crippen molar-refractivity contribution in [2.45, 2.75) is 63.7 Å². The first-order valence-corrected chi connectivity index (χ1v) is 8.46. The lowest BCUT2D eigenvalue weighted by Gasteiger charge is -2.37. The van der Waals surface area contributed by atoms with Gasteiger partial charge in [-0.3, -0.25) is 0 Å². The number of urea groups is 1. The quantitative estimate of drug-likeness (QED) is 0.860. The molecule has 2 amide bonds. The number of nitrogens with zero attached hydrogens (tertiary/aromatic N) is 4. The van der Waals surface area contributed by atoms with Crippen LogP contribution in [0.25, 0.3) is 0 Å². The number of hydrogen-bond donors (Lipinski definition) is 1. The van der Waals surface area contributed by atoms with Gasteiger partial charge in [0.1, 0.15) is 11.6 Å². The third kappa shape index (κ3) is 3.99. The van der Waals surface area contributed by atoms with Crippen LogP contribution in [0.3, 0.4) is 0 Å². The number of rotatable bonds is 6. The second-order valence-electron chi connectivity index (χ2n) is 6.41. The number of fused-ring (bicyclic) bond motifs is 1. The van der Waals surface area contributed by atoms with Gasteiger partial charge in [-0.2, -0.15) is 13.2 Å². The molecule has 1 aromatic heterocycles. The summed E-state index contributed by atoms with van der Waals surface area (Å²) in [5.74, 6) is 1.80. The lowest BCUT2D eigenvalue weighted by molar-refractivity contribution is -0.137. The number of aromatic nitrogens is 3. The maximum atomic E-state index is 12.5. The minimum Gasteiger partial charge on any atom is -0.338 e. The van der Waals surface area contributed by atoms with Gasteiger partial charge < -0.3 is 14.8 Å². The average molecular weight is 345 g/mol. The van der Waals surface area contributed by atoms with E-state index in [1.807, 2.05) is 0 Å². The minimum atomic E-state index is -4.25. The van der Waals surface area contributed by atoms with Crippen molar-refractivity contribution in [3.05, 3.63) is 11.6 Å². The molecule has 6 nitrogen and oxygen atoms in total. The molecular weight excluding hydrogens is 323 g/mol. The van der Waals surface area contributed by atoms with E-state index >= 15 is 0 Å². The molecule has 24 heavy (non-hydrogen) atoms. The molecule has 134 valence electrons. The van der Waals surface area contributed by atoms with Crippen molar-refractivity contribution < 1.29 is 18.0 Å². The Kier molecular flexibility index (Phi) is 4.96. The van der Waals surface area contributed by atoms with Gasteiger partial charge in [-0.05, 0) is 25.7 Å². The fourth-order valence-corrected chi connectivity index (χ4v) is 3.17. The number of halogens is 3. The second kappa shape index (κ2) is 6.98. The average Bonchev–Trinajstić information content (AvgIpc) is 3.04. The van der Waals surface area contributed by atoms with E-state index in [0.717, 1.165) is 50.3 Å². The lowest BCUT2D eigenvalue weighted by atomic mass is 9.91. The molecule has 1 N–H and O–H groups in total. The molecule has 0 spiro atoms. The summed E-state index contributed by atoms with van der Waals surface area (Å²) < 4.78 is 39.4. The molecule has 1 aliphatic carbocycles. The molecule has 0 aromatic carbocycles. The first-order chi connectivity index (χ1) is 11.4. The summed E-state index contributed by atoms with van der Waals surface area (Å²) in [4.78, 5) is 13.6. The van der Waals surface area contributed by atoms with Crippen LogP contribution in [0.15, 0.2) is 0 Å². The Hall–Kier alpha value is -1.80. The van der Waals surface area contributed by atoms with E-state index in [1.165, 1.54) is 4.90 Å². The highest BCUT2D eigenvalue weighted by Crippen LogP contribution is 2.27. The van der Waals surface area contributed by atoms with Crippen molar-refractivity contribution in [1.82, 2.24) is 25.0 Å². The fraction of sp³-hybridized carbons (Fsp3) is 0.800. The number of amides is 2. The number of aryl methyl sites for hydroxylation is 1.